The van der Waals surface area contributed by atoms with Crippen LogP contribution < -0.4 is 4.74 Å². The van der Waals surface area contributed by atoms with Gasteiger partial charge in [-0.05, 0) is 30.4 Å². The fourth-order valence-electron chi connectivity index (χ4n) is 1.90. The minimum absolute atomic E-state index is 0.495. The summed E-state index contributed by atoms with van der Waals surface area (Å²) in [4.78, 5) is 0. The molecule has 6 nitrogen and oxygen atoms in total. The van der Waals surface area contributed by atoms with Gasteiger partial charge < -0.3 is 4.74 Å². The third-order valence-corrected chi connectivity index (χ3v) is 3.01. The first-order valence-corrected chi connectivity index (χ1v) is 6.02. The zero-order valence-corrected chi connectivity index (χ0v) is 10.9. The van der Waals surface area contributed by atoms with Crippen molar-refractivity contribution in [1.82, 2.24) is 25.0 Å². The Hall–Kier alpha value is -2.41. The van der Waals surface area contributed by atoms with E-state index in [0.29, 0.717) is 10.6 Å². The molecule has 2 aromatic heterocycles. The predicted octanol–water partition coefficient (Wildman–Crippen LogP) is 2.33. The van der Waals surface area contributed by atoms with Gasteiger partial charge in [-0.15, -0.1) is 0 Å². The largest absolute Gasteiger partial charge is 0.495 e. The zero-order valence-electron chi connectivity index (χ0n) is 10.1. The molecule has 0 bridgehead atoms. The molecule has 0 saturated heterocycles. The van der Waals surface area contributed by atoms with Crippen LogP contribution in [0.4, 0.5) is 0 Å². The lowest BCUT2D eigenvalue weighted by atomic mass is 10.3. The van der Waals surface area contributed by atoms with Gasteiger partial charge in [0.25, 0.3) is 0 Å². The molecule has 2 N–H and O–H groups in total. The van der Waals surface area contributed by atoms with Crippen molar-refractivity contribution >= 4 is 12.2 Å². The van der Waals surface area contributed by atoms with E-state index in [1.807, 2.05) is 34.9 Å². The van der Waals surface area contributed by atoms with Crippen LogP contribution in [0.1, 0.15) is 0 Å². The van der Waals surface area contributed by atoms with E-state index in [2.05, 4.69) is 20.4 Å². The quantitative estimate of drug-likeness (QED) is 0.718. The molecule has 0 atom stereocenters. The van der Waals surface area contributed by atoms with E-state index < -0.39 is 0 Å². The summed E-state index contributed by atoms with van der Waals surface area (Å²) < 4.78 is 7.66. The van der Waals surface area contributed by atoms with Crippen LogP contribution >= 0.6 is 12.2 Å². The van der Waals surface area contributed by atoms with E-state index in [1.54, 1.807) is 13.3 Å². The molecule has 19 heavy (non-hydrogen) atoms. The maximum absolute atomic E-state index is 5.36. The third kappa shape index (κ3) is 1.93. The molecule has 0 aliphatic carbocycles. The Balaban J connectivity index is 2.26. The van der Waals surface area contributed by atoms with Crippen molar-refractivity contribution in [3.8, 4) is 23.0 Å². The number of aromatic amines is 2. The highest BCUT2D eigenvalue weighted by Gasteiger charge is 2.14. The number of nitrogens with zero attached hydrogens (tertiary/aromatic N) is 3. The Morgan fingerprint density at radius 1 is 1.21 bits per heavy atom. The van der Waals surface area contributed by atoms with Crippen molar-refractivity contribution < 1.29 is 4.74 Å². The molecule has 1 aromatic carbocycles. The van der Waals surface area contributed by atoms with E-state index in [1.165, 1.54) is 0 Å². The average Bonchev–Trinajstić information content (AvgIpc) is 3.07. The second-order valence-electron chi connectivity index (χ2n) is 3.83. The molecule has 96 valence electrons. The van der Waals surface area contributed by atoms with Crippen LogP contribution in [0, 0.1) is 4.77 Å². The number of nitrogens with one attached hydrogen (secondary N) is 2. The van der Waals surface area contributed by atoms with Gasteiger partial charge in [0.05, 0.1) is 12.8 Å². The van der Waals surface area contributed by atoms with Crippen molar-refractivity contribution in [2.75, 3.05) is 7.11 Å². The highest BCUT2D eigenvalue weighted by atomic mass is 32.1. The maximum Gasteiger partial charge on any atom is 0.200 e. The molecule has 3 rings (SSSR count). The van der Waals surface area contributed by atoms with Crippen LogP contribution in [0.5, 0.6) is 5.75 Å². The highest BCUT2D eigenvalue weighted by Crippen LogP contribution is 2.26. The number of rotatable bonds is 3. The number of hydrogen-bond donors (Lipinski definition) is 2. The van der Waals surface area contributed by atoms with Gasteiger partial charge in [0, 0.05) is 6.20 Å². The number of para-hydroxylation sites is 2. The summed E-state index contributed by atoms with van der Waals surface area (Å²) in [6.07, 6.45) is 1.67. The standard InChI is InChI=1S/C12H11N5OS/c1-18-10-5-3-2-4-9(10)17-11(15-16-12(17)19)8-6-7-13-14-8/h2-7H,1H3,(H,13,14)(H,16,19). The molecule has 0 aliphatic heterocycles. The molecule has 7 heteroatoms. The molecular formula is C12H11N5OS. The molecule has 0 fully saturated rings. The number of aromatic nitrogens is 5. The van der Waals surface area contributed by atoms with Gasteiger partial charge in [0.1, 0.15) is 11.4 Å². The lowest BCUT2D eigenvalue weighted by molar-refractivity contribution is 0.413. The summed E-state index contributed by atoms with van der Waals surface area (Å²) in [6, 6.07) is 9.45. The summed E-state index contributed by atoms with van der Waals surface area (Å²) in [5, 5.41) is 13.8. The molecule has 0 aliphatic rings. The lowest BCUT2D eigenvalue weighted by Gasteiger charge is -2.10. The van der Waals surface area contributed by atoms with Gasteiger partial charge in [-0.3, -0.25) is 14.8 Å². The van der Waals surface area contributed by atoms with E-state index in [9.17, 15) is 0 Å². The zero-order chi connectivity index (χ0) is 13.2. The van der Waals surface area contributed by atoms with Crippen molar-refractivity contribution in [2.24, 2.45) is 0 Å². The minimum Gasteiger partial charge on any atom is -0.495 e. The average molecular weight is 273 g/mol. The summed E-state index contributed by atoms with van der Waals surface area (Å²) in [5.41, 5.74) is 1.60. The molecule has 0 unspecified atom stereocenters. The topological polar surface area (TPSA) is 71.5 Å². The van der Waals surface area contributed by atoms with Crippen LogP contribution in [0.15, 0.2) is 36.5 Å². The van der Waals surface area contributed by atoms with E-state index in [0.717, 1.165) is 17.1 Å². The lowest BCUT2D eigenvalue weighted by Crippen LogP contribution is -2.00. The Labute approximate surface area is 114 Å². The van der Waals surface area contributed by atoms with Gasteiger partial charge in [0.2, 0.25) is 0 Å². The highest BCUT2D eigenvalue weighted by molar-refractivity contribution is 7.71. The first-order valence-electron chi connectivity index (χ1n) is 5.62. The number of ether oxygens (including phenoxy) is 1. The summed E-state index contributed by atoms with van der Waals surface area (Å²) in [7, 11) is 1.62. The predicted molar refractivity (Wildman–Crippen MR) is 72.9 cm³/mol. The van der Waals surface area contributed by atoms with Crippen LogP contribution in [0.2, 0.25) is 0 Å². The fourth-order valence-corrected chi connectivity index (χ4v) is 2.13. The molecule has 0 spiro atoms. The normalized spacial score (nSPS) is 10.6. The number of benzene rings is 1. The van der Waals surface area contributed by atoms with E-state index in [4.69, 9.17) is 17.0 Å². The molecule has 0 amide bonds. The maximum atomic E-state index is 5.36. The van der Waals surface area contributed by atoms with Gasteiger partial charge in [0.15, 0.2) is 10.6 Å². The first kappa shape index (κ1) is 11.7. The fraction of sp³-hybridized carbons (Fsp3) is 0.0833. The second kappa shape index (κ2) is 4.69. The van der Waals surface area contributed by atoms with Crippen molar-refractivity contribution in [1.29, 1.82) is 0 Å². The summed E-state index contributed by atoms with van der Waals surface area (Å²) in [6.45, 7) is 0. The molecule has 3 aromatic rings. The summed E-state index contributed by atoms with van der Waals surface area (Å²) in [5.74, 6) is 1.38. The summed E-state index contributed by atoms with van der Waals surface area (Å²) >= 11 is 5.29. The Morgan fingerprint density at radius 3 is 2.79 bits per heavy atom. The smallest absolute Gasteiger partial charge is 0.200 e. The monoisotopic (exact) mass is 273 g/mol. The van der Waals surface area contributed by atoms with Crippen LogP contribution in [0.3, 0.4) is 0 Å². The molecule has 2 heterocycles. The molecule has 0 saturated carbocycles. The number of H-pyrrole nitrogens is 2. The number of hydrogen-bond acceptors (Lipinski definition) is 4. The Morgan fingerprint density at radius 2 is 2.05 bits per heavy atom. The van der Waals surface area contributed by atoms with Gasteiger partial charge in [-0.25, -0.2) is 0 Å². The first-order chi connectivity index (χ1) is 9.31. The second-order valence-corrected chi connectivity index (χ2v) is 4.22. The van der Waals surface area contributed by atoms with E-state index in [-0.39, 0.29) is 0 Å². The Kier molecular flexibility index (Phi) is 2.88. The van der Waals surface area contributed by atoms with Crippen LogP contribution in [-0.2, 0) is 0 Å². The third-order valence-electron chi connectivity index (χ3n) is 2.74. The molecular weight excluding hydrogens is 262 g/mol. The van der Waals surface area contributed by atoms with Gasteiger partial charge in [-0.2, -0.15) is 10.2 Å². The molecule has 0 radical (unpaired) electrons. The minimum atomic E-state index is 0.495. The van der Waals surface area contributed by atoms with Crippen LogP contribution in [-0.4, -0.2) is 32.1 Å². The van der Waals surface area contributed by atoms with Crippen molar-refractivity contribution in [3.63, 3.8) is 0 Å². The van der Waals surface area contributed by atoms with Crippen molar-refractivity contribution in [3.05, 3.63) is 41.3 Å². The van der Waals surface area contributed by atoms with E-state index >= 15 is 0 Å². The van der Waals surface area contributed by atoms with Crippen molar-refractivity contribution in [2.45, 2.75) is 0 Å². The number of methoxy groups -OCH3 is 1. The van der Waals surface area contributed by atoms with Crippen LogP contribution in [0.25, 0.3) is 17.2 Å². The SMILES string of the molecule is COc1ccccc1-n1c(-c2ccn[nH]2)n[nH]c1=S. The Bertz CT molecular complexity index is 744. The van der Waals surface area contributed by atoms with Gasteiger partial charge in [-0.1, -0.05) is 12.1 Å². The van der Waals surface area contributed by atoms with Gasteiger partial charge >= 0.3 is 0 Å².